The van der Waals surface area contributed by atoms with Crippen LogP contribution in [0.2, 0.25) is 0 Å². The molecule has 10 nitrogen and oxygen atoms in total. The third-order valence-electron chi connectivity index (χ3n) is 5.00. The van der Waals surface area contributed by atoms with Crippen molar-refractivity contribution in [2.24, 2.45) is 0 Å². The fourth-order valence-corrected chi connectivity index (χ4v) is 8.31. The molecule has 12 heteroatoms. The van der Waals surface area contributed by atoms with Gasteiger partial charge in [-0.3, -0.25) is 0 Å². The van der Waals surface area contributed by atoms with Crippen molar-refractivity contribution in [3.8, 4) is 0 Å². The summed E-state index contributed by atoms with van der Waals surface area (Å²) in [6.45, 7) is 8.43. The number of hydrogen-bond acceptors (Lipinski definition) is 10. The van der Waals surface area contributed by atoms with Gasteiger partial charge in [-0.25, -0.2) is 0 Å². The maximum absolute atomic E-state index is 5.49. The van der Waals surface area contributed by atoms with E-state index < -0.39 is 7.87 Å². The second-order valence-corrected chi connectivity index (χ2v) is 10.8. The molecule has 0 aliphatic rings. The van der Waals surface area contributed by atoms with Crippen molar-refractivity contribution >= 4 is 7.87 Å². The van der Waals surface area contributed by atoms with E-state index >= 15 is 0 Å². The van der Waals surface area contributed by atoms with Gasteiger partial charge >= 0.3 is 7.87 Å². The lowest BCUT2D eigenvalue weighted by Gasteiger charge is -2.49. The highest BCUT2D eigenvalue weighted by atomic mass is 35.5. The van der Waals surface area contributed by atoms with Crippen LogP contribution < -0.4 is 12.4 Å². The van der Waals surface area contributed by atoms with Crippen molar-refractivity contribution in [1.29, 1.82) is 0 Å². The van der Waals surface area contributed by atoms with Gasteiger partial charge in [0.2, 0.25) is 0 Å². The molecule has 0 aromatic heterocycles. The van der Waals surface area contributed by atoms with Crippen molar-refractivity contribution in [3.63, 3.8) is 0 Å². The lowest BCUT2D eigenvalue weighted by atomic mass is 10.6. The van der Waals surface area contributed by atoms with Crippen LogP contribution in [-0.2, 0) is 28.4 Å². The quantitative estimate of drug-likeness (QED) is 0.154. The summed E-state index contributed by atoms with van der Waals surface area (Å²) in [4.78, 5) is 0. The van der Waals surface area contributed by atoms with Crippen molar-refractivity contribution in [3.05, 3.63) is 0 Å². The van der Waals surface area contributed by atoms with Crippen LogP contribution >= 0.6 is 7.87 Å². The predicted molar refractivity (Wildman–Crippen MR) is 127 cm³/mol. The number of ether oxygens (including phenoxy) is 6. The zero-order valence-electron chi connectivity index (χ0n) is 21.5. The Kier molecular flexibility index (Phi) is 23.5. The summed E-state index contributed by atoms with van der Waals surface area (Å²) in [6.07, 6.45) is 0. The normalized spacial score (nSPS) is 12.4. The monoisotopic (exact) mass is 506 g/mol. The van der Waals surface area contributed by atoms with Crippen molar-refractivity contribution in [2.75, 3.05) is 136 Å². The maximum atomic E-state index is 5.49. The second-order valence-electron chi connectivity index (χ2n) is 7.20. The molecule has 0 saturated carbocycles. The Hall–Kier alpha value is 0.320. The third-order valence-corrected chi connectivity index (χ3v) is 9.55. The fourth-order valence-electron chi connectivity index (χ4n) is 3.62. The molecule has 0 heterocycles. The van der Waals surface area contributed by atoms with E-state index in [1.807, 2.05) is 0 Å². The molecule has 0 saturated heterocycles. The van der Waals surface area contributed by atoms with Gasteiger partial charge in [-0.15, -0.1) is 18.7 Å². The van der Waals surface area contributed by atoms with Gasteiger partial charge in [0.25, 0.3) is 0 Å². The molecular formula is C20H48ClN4O6P. The highest BCUT2D eigenvalue weighted by molar-refractivity contribution is 7.66. The summed E-state index contributed by atoms with van der Waals surface area (Å²) in [5.41, 5.74) is 0. The number of methoxy groups -OCH3 is 6. The van der Waals surface area contributed by atoms with Gasteiger partial charge in [0, 0.05) is 56.8 Å². The fraction of sp³-hybridized carbons (Fsp3) is 1.00. The molecule has 0 aromatic carbocycles. The van der Waals surface area contributed by atoms with Gasteiger partial charge in [0.15, 0.2) is 0 Å². The molecule has 0 unspecified atom stereocenters. The molecule has 0 aliphatic carbocycles. The largest absolute Gasteiger partial charge is 1.00 e. The minimum Gasteiger partial charge on any atom is -1.00 e. The van der Waals surface area contributed by atoms with E-state index in [9.17, 15) is 0 Å². The molecule has 0 amide bonds. The van der Waals surface area contributed by atoms with Crippen LogP contribution in [0, 0.1) is 0 Å². The van der Waals surface area contributed by atoms with Gasteiger partial charge in [0.1, 0.15) is 0 Å². The SMILES string of the molecule is COCCN(CCOC)[P+](N(C)C)(N(CCOC)CCOC)N(CCOC)CCOC.[Cl-]. The minimum atomic E-state index is -2.22. The molecule has 0 N–H and O–H groups in total. The number of rotatable bonds is 22. The van der Waals surface area contributed by atoms with Gasteiger partial charge in [-0.1, -0.05) is 0 Å². The smallest absolute Gasteiger partial charge is 0.308 e. The standard InChI is InChI=1S/C20H48N4O6P.ClH/c1-21(2)31(22(9-15-25-3)10-16-26-4,23(11-17-27-5)12-18-28-6)24(13-19-29-7)14-20-30-8;/h9-20H2,1-8H3;1H/q+1;/p-1. The Bertz CT molecular complexity index is 344. The summed E-state index contributed by atoms with van der Waals surface area (Å²) in [5.74, 6) is 0. The summed E-state index contributed by atoms with van der Waals surface area (Å²) in [6, 6.07) is 0. The summed E-state index contributed by atoms with van der Waals surface area (Å²) in [7, 11) is 12.5. The first-order chi connectivity index (χ1) is 15.0. The average Bonchev–Trinajstić information content (AvgIpc) is 2.77. The first-order valence-corrected chi connectivity index (χ1v) is 12.4. The molecule has 0 fully saturated rings. The van der Waals surface area contributed by atoms with Gasteiger partial charge in [-0.05, 0) is 0 Å². The van der Waals surface area contributed by atoms with E-state index in [0.29, 0.717) is 39.6 Å². The van der Waals surface area contributed by atoms with Crippen molar-refractivity contribution in [1.82, 2.24) is 18.7 Å². The molecule has 0 bridgehead atoms. The lowest BCUT2D eigenvalue weighted by Crippen LogP contribution is -3.00. The first-order valence-electron chi connectivity index (χ1n) is 10.8. The van der Waals surface area contributed by atoms with Crippen LogP contribution in [0.15, 0.2) is 0 Å². The molecular weight excluding hydrogens is 459 g/mol. The maximum Gasteiger partial charge on any atom is 0.308 e. The average molecular weight is 507 g/mol. The first kappa shape index (κ1) is 34.5. The summed E-state index contributed by atoms with van der Waals surface area (Å²) >= 11 is 0. The van der Waals surface area contributed by atoms with Crippen LogP contribution in [0.3, 0.4) is 0 Å². The van der Waals surface area contributed by atoms with Gasteiger partial charge in [0.05, 0.1) is 78.9 Å². The van der Waals surface area contributed by atoms with E-state index in [0.717, 1.165) is 39.3 Å². The van der Waals surface area contributed by atoms with E-state index in [-0.39, 0.29) is 12.4 Å². The van der Waals surface area contributed by atoms with Crippen molar-refractivity contribution in [2.45, 2.75) is 0 Å². The number of hydrogen-bond donors (Lipinski definition) is 0. The molecule has 0 aromatic rings. The van der Waals surface area contributed by atoms with E-state index in [2.05, 4.69) is 32.8 Å². The Morgan fingerprint density at radius 3 is 0.750 bits per heavy atom. The Balaban J connectivity index is 0. The minimum absolute atomic E-state index is 0. The second kappa shape index (κ2) is 21.8. The molecule has 196 valence electrons. The van der Waals surface area contributed by atoms with Crippen LogP contribution in [-0.4, -0.2) is 154 Å². The van der Waals surface area contributed by atoms with Crippen LogP contribution in [0.5, 0.6) is 0 Å². The van der Waals surface area contributed by atoms with Crippen LogP contribution in [0.4, 0.5) is 0 Å². The Labute approximate surface area is 203 Å². The molecule has 0 aliphatic heterocycles. The zero-order valence-corrected chi connectivity index (χ0v) is 23.2. The van der Waals surface area contributed by atoms with E-state index in [1.165, 1.54) is 0 Å². The summed E-state index contributed by atoms with van der Waals surface area (Å²) in [5, 5.41) is 0. The predicted octanol–water partition coefficient (Wildman–Crippen LogP) is -1.99. The number of halogens is 1. The lowest BCUT2D eigenvalue weighted by molar-refractivity contribution is -0.00000891. The highest BCUT2D eigenvalue weighted by Crippen LogP contribution is 2.68. The molecule has 0 radical (unpaired) electrons. The van der Waals surface area contributed by atoms with Gasteiger partial charge < -0.3 is 40.8 Å². The molecule has 0 rings (SSSR count). The van der Waals surface area contributed by atoms with Crippen LogP contribution in [0.1, 0.15) is 0 Å². The summed E-state index contributed by atoms with van der Waals surface area (Å²) < 4.78 is 42.8. The van der Waals surface area contributed by atoms with E-state index in [1.54, 1.807) is 42.7 Å². The van der Waals surface area contributed by atoms with Crippen LogP contribution in [0.25, 0.3) is 0 Å². The van der Waals surface area contributed by atoms with Gasteiger partial charge in [-0.2, -0.15) is 0 Å². The highest BCUT2D eigenvalue weighted by Gasteiger charge is 2.58. The zero-order chi connectivity index (χ0) is 23.5. The number of nitrogens with zero attached hydrogens (tertiary/aromatic N) is 4. The Morgan fingerprint density at radius 2 is 0.625 bits per heavy atom. The van der Waals surface area contributed by atoms with Crippen molar-refractivity contribution < 1.29 is 40.8 Å². The topological polar surface area (TPSA) is 68.3 Å². The van der Waals surface area contributed by atoms with E-state index in [4.69, 9.17) is 28.4 Å². The third kappa shape index (κ3) is 11.2. The molecule has 0 atom stereocenters. The molecule has 32 heavy (non-hydrogen) atoms. The molecule has 0 spiro atoms. The Morgan fingerprint density at radius 1 is 0.438 bits per heavy atom.